The molecule has 1 heterocycles. The highest BCUT2D eigenvalue weighted by atomic mass is 79.9. The Balaban J connectivity index is 2.36. The summed E-state index contributed by atoms with van der Waals surface area (Å²) in [5, 5.41) is 12.5. The quantitative estimate of drug-likeness (QED) is 0.926. The van der Waals surface area contributed by atoms with E-state index in [-0.39, 0.29) is 0 Å². The molecule has 0 saturated heterocycles. The number of ether oxygens (including phenoxy) is 1. The lowest BCUT2D eigenvalue weighted by Gasteiger charge is -2.08. The van der Waals surface area contributed by atoms with Gasteiger partial charge in [0.05, 0.1) is 29.0 Å². The monoisotopic (exact) mass is 338 g/mol. The van der Waals surface area contributed by atoms with Gasteiger partial charge in [-0.2, -0.15) is 10.2 Å². The zero-order chi connectivity index (χ0) is 13.8. The second-order valence-corrected chi connectivity index (χ2v) is 4.77. The van der Waals surface area contributed by atoms with Crippen LogP contribution in [-0.4, -0.2) is 17.1 Å². The molecule has 0 radical (unpaired) electrons. The van der Waals surface area contributed by atoms with Crippen molar-refractivity contribution in [2.24, 2.45) is 0 Å². The topological polar surface area (TPSA) is 70.8 Å². The molecule has 0 bridgehead atoms. The number of hydrogen-bond donors (Lipinski definition) is 1. The number of hydrogen-bond acceptors (Lipinski definition) is 5. The SMILES string of the molecule is COc1nc(Nc2cc(Cl)ccc2C#N)ncc1Br. The van der Waals surface area contributed by atoms with Crippen LogP contribution in [0.4, 0.5) is 11.6 Å². The molecule has 1 N–H and O–H groups in total. The number of nitrogens with one attached hydrogen (secondary N) is 1. The van der Waals surface area contributed by atoms with E-state index in [9.17, 15) is 0 Å². The maximum absolute atomic E-state index is 9.03. The van der Waals surface area contributed by atoms with Crippen LogP contribution in [0.5, 0.6) is 5.88 Å². The molecule has 0 aliphatic rings. The summed E-state index contributed by atoms with van der Waals surface area (Å²) in [6.45, 7) is 0. The van der Waals surface area contributed by atoms with Crippen molar-refractivity contribution in [3.8, 4) is 11.9 Å². The zero-order valence-electron chi connectivity index (χ0n) is 9.82. The van der Waals surface area contributed by atoms with Crippen LogP contribution in [-0.2, 0) is 0 Å². The third-order valence-corrected chi connectivity index (χ3v) is 3.03. The molecular formula is C12H8BrClN4O. The van der Waals surface area contributed by atoms with Crippen LogP contribution in [0, 0.1) is 11.3 Å². The number of anilines is 2. The van der Waals surface area contributed by atoms with Crippen molar-refractivity contribution in [1.82, 2.24) is 9.97 Å². The molecule has 0 fully saturated rings. The van der Waals surface area contributed by atoms with Crippen molar-refractivity contribution >= 4 is 39.2 Å². The number of benzene rings is 1. The van der Waals surface area contributed by atoms with Gasteiger partial charge in [-0.15, -0.1) is 0 Å². The van der Waals surface area contributed by atoms with E-state index in [4.69, 9.17) is 21.6 Å². The van der Waals surface area contributed by atoms with Gasteiger partial charge in [0.2, 0.25) is 11.8 Å². The van der Waals surface area contributed by atoms with Crippen molar-refractivity contribution in [2.75, 3.05) is 12.4 Å². The summed E-state index contributed by atoms with van der Waals surface area (Å²) in [6, 6.07) is 6.98. The number of halogens is 2. The minimum atomic E-state index is 0.318. The minimum Gasteiger partial charge on any atom is -0.480 e. The Morgan fingerprint density at radius 3 is 2.95 bits per heavy atom. The minimum absolute atomic E-state index is 0.318. The summed E-state index contributed by atoms with van der Waals surface area (Å²) in [5.74, 6) is 0.719. The molecule has 19 heavy (non-hydrogen) atoms. The second kappa shape index (κ2) is 5.87. The van der Waals surface area contributed by atoms with Gasteiger partial charge in [-0.25, -0.2) is 4.98 Å². The van der Waals surface area contributed by atoms with Crippen molar-refractivity contribution in [2.45, 2.75) is 0 Å². The second-order valence-electron chi connectivity index (χ2n) is 3.48. The standard InChI is InChI=1S/C12H8BrClN4O/c1-19-11-9(13)6-16-12(18-11)17-10-4-8(14)3-2-7(10)5-15/h2-4,6H,1H3,(H,16,17,18). The van der Waals surface area contributed by atoms with Crippen LogP contribution in [0.25, 0.3) is 0 Å². The van der Waals surface area contributed by atoms with Crippen LogP contribution in [0.1, 0.15) is 5.56 Å². The Labute approximate surface area is 123 Å². The average molecular weight is 340 g/mol. The predicted molar refractivity (Wildman–Crippen MR) is 75.7 cm³/mol. The maximum atomic E-state index is 9.03. The highest BCUT2D eigenvalue weighted by Gasteiger charge is 2.08. The van der Waals surface area contributed by atoms with E-state index in [1.807, 2.05) is 0 Å². The summed E-state index contributed by atoms with van der Waals surface area (Å²) < 4.78 is 5.72. The van der Waals surface area contributed by atoms with Gasteiger partial charge in [0.15, 0.2) is 0 Å². The summed E-state index contributed by atoms with van der Waals surface area (Å²) in [4.78, 5) is 8.23. The molecule has 0 amide bonds. The normalized spacial score (nSPS) is 9.79. The molecule has 96 valence electrons. The highest BCUT2D eigenvalue weighted by molar-refractivity contribution is 9.10. The Morgan fingerprint density at radius 2 is 2.26 bits per heavy atom. The fraction of sp³-hybridized carbons (Fsp3) is 0.0833. The smallest absolute Gasteiger partial charge is 0.232 e. The third-order valence-electron chi connectivity index (χ3n) is 2.25. The van der Waals surface area contributed by atoms with E-state index in [2.05, 4.69) is 37.3 Å². The van der Waals surface area contributed by atoms with Crippen molar-refractivity contribution in [3.63, 3.8) is 0 Å². The molecule has 2 aromatic rings. The summed E-state index contributed by atoms with van der Waals surface area (Å²) in [5.41, 5.74) is 0.995. The molecule has 0 spiro atoms. The van der Waals surface area contributed by atoms with Gasteiger partial charge in [-0.3, -0.25) is 0 Å². The van der Waals surface area contributed by atoms with Gasteiger partial charge in [0.25, 0.3) is 0 Å². The van der Waals surface area contributed by atoms with E-state index < -0.39 is 0 Å². The van der Waals surface area contributed by atoms with E-state index in [0.717, 1.165) is 0 Å². The highest BCUT2D eigenvalue weighted by Crippen LogP contribution is 2.26. The first-order valence-corrected chi connectivity index (χ1v) is 6.34. The lowest BCUT2D eigenvalue weighted by Crippen LogP contribution is -2.00. The Bertz CT molecular complexity index is 657. The number of nitriles is 1. The molecule has 2 rings (SSSR count). The van der Waals surface area contributed by atoms with E-state index in [1.54, 1.807) is 24.4 Å². The first-order chi connectivity index (χ1) is 9.13. The zero-order valence-corrected chi connectivity index (χ0v) is 12.2. The first-order valence-electron chi connectivity index (χ1n) is 5.17. The van der Waals surface area contributed by atoms with Gasteiger partial charge < -0.3 is 10.1 Å². The molecule has 0 aliphatic heterocycles. The van der Waals surface area contributed by atoms with Crippen molar-refractivity contribution < 1.29 is 4.74 Å². The molecule has 1 aromatic carbocycles. The molecule has 1 aromatic heterocycles. The molecular weight excluding hydrogens is 332 g/mol. The third kappa shape index (κ3) is 3.13. The van der Waals surface area contributed by atoms with Crippen LogP contribution in [0.2, 0.25) is 5.02 Å². The molecule has 7 heteroatoms. The van der Waals surface area contributed by atoms with Crippen LogP contribution >= 0.6 is 27.5 Å². The van der Waals surface area contributed by atoms with Crippen LogP contribution in [0.3, 0.4) is 0 Å². The number of rotatable bonds is 3. The largest absolute Gasteiger partial charge is 0.480 e. The van der Waals surface area contributed by atoms with Gasteiger partial charge in [-0.1, -0.05) is 11.6 Å². The van der Waals surface area contributed by atoms with Crippen molar-refractivity contribution in [3.05, 3.63) is 39.5 Å². The predicted octanol–water partition coefficient (Wildman–Crippen LogP) is 3.52. The molecule has 0 unspecified atom stereocenters. The molecule has 5 nitrogen and oxygen atoms in total. The van der Waals surface area contributed by atoms with Gasteiger partial charge in [-0.05, 0) is 34.1 Å². The Hall–Kier alpha value is -1.84. The van der Waals surface area contributed by atoms with Crippen LogP contribution < -0.4 is 10.1 Å². The van der Waals surface area contributed by atoms with E-state index in [0.29, 0.717) is 32.6 Å². The lowest BCUT2D eigenvalue weighted by molar-refractivity contribution is 0.394. The van der Waals surface area contributed by atoms with Gasteiger partial charge >= 0.3 is 0 Å². The lowest BCUT2D eigenvalue weighted by atomic mass is 10.2. The fourth-order valence-electron chi connectivity index (χ4n) is 1.39. The number of methoxy groups -OCH3 is 1. The fourth-order valence-corrected chi connectivity index (χ4v) is 1.92. The van der Waals surface area contributed by atoms with E-state index in [1.165, 1.54) is 7.11 Å². The van der Waals surface area contributed by atoms with Crippen LogP contribution in [0.15, 0.2) is 28.9 Å². The number of aromatic nitrogens is 2. The Kier molecular flexibility index (Phi) is 4.20. The molecule has 0 atom stereocenters. The van der Waals surface area contributed by atoms with Gasteiger partial charge in [0.1, 0.15) is 6.07 Å². The summed E-state index contributed by atoms with van der Waals surface area (Å²) in [7, 11) is 1.51. The molecule has 0 saturated carbocycles. The molecule has 0 aliphatic carbocycles. The van der Waals surface area contributed by atoms with E-state index >= 15 is 0 Å². The average Bonchev–Trinajstić information content (AvgIpc) is 2.41. The summed E-state index contributed by atoms with van der Waals surface area (Å²) in [6.07, 6.45) is 1.56. The van der Waals surface area contributed by atoms with Crippen molar-refractivity contribution in [1.29, 1.82) is 5.26 Å². The number of nitrogens with zero attached hydrogens (tertiary/aromatic N) is 3. The first kappa shape index (κ1) is 13.6. The Morgan fingerprint density at radius 1 is 1.47 bits per heavy atom. The van der Waals surface area contributed by atoms with Gasteiger partial charge in [0, 0.05) is 5.02 Å². The maximum Gasteiger partial charge on any atom is 0.232 e. The summed E-state index contributed by atoms with van der Waals surface area (Å²) >= 11 is 9.17.